The first-order valence-corrected chi connectivity index (χ1v) is 10.5. The van der Waals surface area contributed by atoms with Crippen molar-refractivity contribution in [3.8, 4) is 0 Å². The van der Waals surface area contributed by atoms with Gasteiger partial charge < -0.3 is 0 Å². The Morgan fingerprint density at radius 3 is 2.42 bits per heavy atom. The molecule has 1 heteroatoms. The van der Waals surface area contributed by atoms with Gasteiger partial charge in [-0.2, -0.15) is 0 Å². The van der Waals surface area contributed by atoms with Gasteiger partial charge in [-0.25, -0.2) is 0 Å². The van der Waals surface area contributed by atoms with Gasteiger partial charge in [-0.1, -0.05) is 62.2 Å². The van der Waals surface area contributed by atoms with E-state index in [1.54, 1.807) is 0 Å². The quantitative estimate of drug-likeness (QED) is 0.174. The first kappa shape index (κ1) is 15.8. The lowest BCUT2D eigenvalue weighted by atomic mass is 9.96. The number of hydrogen-bond acceptors (Lipinski definition) is 1. The van der Waals surface area contributed by atoms with Crippen LogP contribution < -0.4 is 0 Å². The molecule has 0 amide bonds. The summed E-state index contributed by atoms with van der Waals surface area (Å²) in [4.78, 5) is 0. The van der Waals surface area contributed by atoms with E-state index < -0.39 is 0 Å². The minimum absolute atomic E-state index is 1.19. The SMILES string of the molecule is CCCCCc1ccc2cc3c(ccc4c3ccc3ccsc34)cc2c1. The molecule has 0 N–H and O–H groups in total. The van der Waals surface area contributed by atoms with E-state index >= 15 is 0 Å². The molecule has 5 aromatic rings. The Morgan fingerprint density at radius 1 is 0.654 bits per heavy atom. The number of benzene rings is 4. The van der Waals surface area contributed by atoms with Crippen LogP contribution in [0, 0.1) is 0 Å². The minimum atomic E-state index is 1.19. The standard InChI is InChI=1S/C25H22S/c1-2-3-4-5-17-6-7-19-16-24-20(15-21(19)14-17)9-11-23-22(24)10-8-18-12-13-26-25(18)23/h6-16H,2-5H2,1H3. The normalized spacial score (nSPS) is 11.9. The third kappa shape index (κ3) is 2.59. The largest absolute Gasteiger partial charge is 0.143 e. The van der Waals surface area contributed by atoms with Gasteiger partial charge in [-0.15, -0.1) is 11.3 Å². The van der Waals surface area contributed by atoms with Gasteiger partial charge in [0.25, 0.3) is 0 Å². The maximum Gasteiger partial charge on any atom is 0.0421 e. The van der Waals surface area contributed by atoms with Gasteiger partial charge in [0, 0.05) is 10.1 Å². The lowest BCUT2D eigenvalue weighted by Gasteiger charge is -2.09. The molecular weight excluding hydrogens is 332 g/mol. The van der Waals surface area contributed by atoms with Crippen molar-refractivity contribution in [2.45, 2.75) is 32.6 Å². The van der Waals surface area contributed by atoms with Crippen molar-refractivity contribution in [2.75, 3.05) is 0 Å². The summed E-state index contributed by atoms with van der Waals surface area (Å²) in [5, 5.41) is 11.7. The zero-order valence-electron chi connectivity index (χ0n) is 15.1. The fourth-order valence-corrected chi connectivity index (χ4v) is 5.03. The average molecular weight is 355 g/mol. The third-order valence-electron chi connectivity index (χ3n) is 5.52. The predicted molar refractivity (Wildman–Crippen MR) is 118 cm³/mol. The Balaban J connectivity index is 1.69. The maximum absolute atomic E-state index is 2.39. The second-order valence-electron chi connectivity index (χ2n) is 7.28. The van der Waals surface area contributed by atoms with Crippen LogP contribution in [0.5, 0.6) is 0 Å². The van der Waals surface area contributed by atoms with Crippen molar-refractivity contribution < 1.29 is 0 Å². The fourth-order valence-electron chi connectivity index (χ4n) is 4.10. The molecule has 0 aliphatic heterocycles. The lowest BCUT2D eigenvalue weighted by Crippen LogP contribution is -1.86. The monoisotopic (exact) mass is 354 g/mol. The number of hydrogen-bond donors (Lipinski definition) is 0. The Hall–Kier alpha value is -2.38. The summed E-state index contributed by atoms with van der Waals surface area (Å²) >= 11 is 1.84. The molecule has 0 nitrogen and oxygen atoms in total. The molecule has 1 aromatic heterocycles. The highest BCUT2D eigenvalue weighted by Crippen LogP contribution is 2.35. The number of fused-ring (bicyclic) bond motifs is 6. The minimum Gasteiger partial charge on any atom is -0.143 e. The summed E-state index contributed by atoms with van der Waals surface area (Å²) in [6, 6.07) is 23.1. The lowest BCUT2D eigenvalue weighted by molar-refractivity contribution is 0.718. The molecule has 0 aliphatic rings. The molecule has 5 rings (SSSR count). The van der Waals surface area contributed by atoms with E-state index in [-0.39, 0.29) is 0 Å². The van der Waals surface area contributed by atoms with Crippen LogP contribution in [-0.4, -0.2) is 0 Å². The summed E-state index contributed by atoms with van der Waals surface area (Å²) in [5.74, 6) is 0. The van der Waals surface area contributed by atoms with Crippen molar-refractivity contribution in [1.29, 1.82) is 0 Å². The van der Waals surface area contributed by atoms with Gasteiger partial charge in [-0.05, 0) is 74.3 Å². The van der Waals surface area contributed by atoms with Crippen molar-refractivity contribution in [3.05, 3.63) is 71.6 Å². The maximum atomic E-state index is 2.39. The van der Waals surface area contributed by atoms with Crippen molar-refractivity contribution in [3.63, 3.8) is 0 Å². The molecule has 1 heterocycles. The second kappa shape index (κ2) is 6.41. The van der Waals surface area contributed by atoms with E-state index in [0.717, 1.165) is 0 Å². The van der Waals surface area contributed by atoms with Crippen LogP contribution in [0.4, 0.5) is 0 Å². The Labute approximate surface area is 158 Å². The highest BCUT2D eigenvalue weighted by Gasteiger charge is 2.07. The van der Waals surface area contributed by atoms with Gasteiger partial charge in [0.15, 0.2) is 0 Å². The molecule has 0 radical (unpaired) electrons. The van der Waals surface area contributed by atoms with Crippen LogP contribution in [0.25, 0.3) is 42.4 Å². The Kier molecular flexibility index (Phi) is 3.90. The highest BCUT2D eigenvalue weighted by molar-refractivity contribution is 7.18. The zero-order valence-corrected chi connectivity index (χ0v) is 15.9. The molecule has 0 saturated heterocycles. The molecule has 0 bridgehead atoms. The smallest absolute Gasteiger partial charge is 0.0421 e. The van der Waals surface area contributed by atoms with Crippen molar-refractivity contribution in [2.24, 2.45) is 0 Å². The van der Waals surface area contributed by atoms with E-state index in [0.29, 0.717) is 0 Å². The molecule has 0 fully saturated rings. The molecule has 4 aromatic carbocycles. The fraction of sp³-hybridized carbons (Fsp3) is 0.200. The Morgan fingerprint density at radius 2 is 1.50 bits per heavy atom. The summed E-state index contributed by atoms with van der Waals surface area (Å²) in [6.07, 6.45) is 5.08. The molecular formula is C25H22S. The average Bonchev–Trinajstić information content (AvgIpc) is 3.15. The van der Waals surface area contributed by atoms with Crippen LogP contribution >= 0.6 is 11.3 Å². The number of rotatable bonds is 4. The second-order valence-corrected chi connectivity index (χ2v) is 8.19. The van der Waals surface area contributed by atoms with Crippen molar-refractivity contribution in [1.82, 2.24) is 0 Å². The van der Waals surface area contributed by atoms with E-state index in [1.165, 1.54) is 73.7 Å². The summed E-state index contributed by atoms with van der Waals surface area (Å²) in [7, 11) is 0. The van der Waals surface area contributed by atoms with Crippen LogP contribution in [0.2, 0.25) is 0 Å². The van der Waals surface area contributed by atoms with Gasteiger partial charge in [0.2, 0.25) is 0 Å². The number of aryl methyl sites for hydroxylation is 1. The summed E-state index contributed by atoms with van der Waals surface area (Å²) < 4.78 is 1.40. The van der Waals surface area contributed by atoms with E-state index in [1.807, 2.05) is 11.3 Å². The third-order valence-corrected chi connectivity index (χ3v) is 6.49. The topological polar surface area (TPSA) is 0 Å². The molecule has 0 unspecified atom stereocenters. The van der Waals surface area contributed by atoms with Gasteiger partial charge in [0.05, 0.1) is 0 Å². The molecule has 26 heavy (non-hydrogen) atoms. The first-order valence-electron chi connectivity index (χ1n) is 9.59. The number of thiophene rings is 1. The van der Waals surface area contributed by atoms with Crippen LogP contribution in [-0.2, 0) is 6.42 Å². The highest BCUT2D eigenvalue weighted by atomic mass is 32.1. The summed E-state index contributed by atoms with van der Waals surface area (Å²) in [6.45, 7) is 2.26. The van der Waals surface area contributed by atoms with Crippen LogP contribution in [0.3, 0.4) is 0 Å². The Bertz CT molecular complexity index is 1240. The molecule has 0 saturated carbocycles. The zero-order chi connectivity index (χ0) is 17.5. The van der Waals surface area contributed by atoms with Crippen LogP contribution in [0.15, 0.2) is 66.0 Å². The van der Waals surface area contributed by atoms with Gasteiger partial charge in [0.1, 0.15) is 0 Å². The molecule has 0 atom stereocenters. The van der Waals surface area contributed by atoms with Gasteiger partial charge >= 0.3 is 0 Å². The first-order chi connectivity index (χ1) is 12.8. The van der Waals surface area contributed by atoms with Gasteiger partial charge in [-0.3, -0.25) is 0 Å². The molecule has 0 spiro atoms. The van der Waals surface area contributed by atoms with Crippen molar-refractivity contribution >= 4 is 53.7 Å². The van der Waals surface area contributed by atoms with Crippen LogP contribution in [0.1, 0.15) is 31.7 Å². The summed E-state index contributed by atoms with van der Waals surface area (Å²) in [5.41, 5.74) is 1.46. The molecule has 128 valence electrons. The predicted octanol–water partition coefficient (Wildman–Crippen LogP) is 8.09. The number of unbranched alkanes of at least 4 members (excludes halogenated alkanes) is 2. The van der Waals surface area contributed by atoms with E-state index in [2.05, 4.69) is 73.0 Å². The van der Waals surface area contributed by atoms with E-state index in [9.17, 15) is 0 Å². The van der Waals surface area contributed by atoms with E-state index in [4.69, 9.17) is 0 Å². The molecule has 0 aliphatic carbocycles.